The normalized spacial score (nSPS) is 27.4. The fourth-order valence-corrected chi connectivity index (χ4v) is 6.03. The molecule has 1 aliphatic rings. The quantitative estimate of drug-likeness (QED) is 0.437. The highest BCUT2D eigenvalue weighted by Gasteiger charge is 2.26. The Hall–Kier alpha value is 0.430. The molecule has 1 aliphatic heterocycles. The molecular weight excluding hydrogens is 187 g/mol. The molecule has 84 valence electrons. The maximum Gasteiger partial charge on any atom is -0.0209 e. The van der Waals surface area contributed by atoms with Gasteiger partial charge < -0.3 is 0 Å². The van der Waals surface area contributed by atoms with E-state index in [1.54, 1.807) is 25.2 Å². The number of unbranched alkanes of at least 4 members (excludes halogenated alkanes) is 2. The predicted molar refractivity (Wildman–Crippen MR) is 68.7 cm³/mol. The minimum atomic E-state index is 0.435. The fourth-order valence-electron chi connectivity index (χ4n) is 2.56. The molecule has 1 heterocycles. The summed E-state index contributed by atoms with van der Waals surface area (Å²) in [6.45, 7) is 7.10. The van der Waals surface area contributed by atoms with Crippen molar-refractivity contribution in [3.63, 3.8) is 0 Å². The van der Waals surface area contributed by atoms with Crippen molar-refractivity contribution in [2.75, 3.05) is 12.3 Å². The second-order valence-electron chi connectivity index (χ2n) is 5.18. The molecule has 0 nitrogen and oxygen atoms in total. The van der Waals surface area contributed by atoms with Gasteiger partial charge in [-0.25, -0.2) is 0 Å². The van der Waals surface area contributed by atoms with Gasteiger partial charge in [0.2, 0.25) is 0 Å². The van der Waals surface area contributed by atoms with E-state index in [0.717, 1.165) is 11.6 Å². The third kappa shape index (κ3) is 4.30. The Morgan fingerprint density at radius 1 is 1.29 bits per heavy atom. The third-order valence-corrected chi connectivity index (χ3v) is 6.88. The van der Waals surface area contributed by atoms with Gasteiger partial charge in [-0.1, -0.05) is 40.0 Å². The predicted octanol–water partition coefficient (Wildman–Crippen LogP) is 4.87. The summed E-state index contributed by atoms with van der Waals surface area (Å²) >= 11 is 0. The van der Waals surface area contributed by atoms with E-state index in [-0.39, 0.29) is 0 Å². The van der Waals surface area contributed by atoms with Gasteiger partial charge in [-0.15, -0.1) is 7.92 Å². The summed E-state index contributed by atoms with van der Waals surface area (Å²) in [7, 11) is 0.435. The first kappa shape index (κ1) is 12.5. The Kier molecular flexibility index (Phi) is 6.10. The zero-order valence-electron chi connectivity index (χ0n) is 10.3. The van der Waals surface area contributed by atoms with E-state index < -0.39 is 0 Å². The van der Waals surface area contributed by atoms with E-state index in [1.807, 2.05) is 0 Å². The van der Waals surface area contributed by atoms with E-state index in [4.69, 9.17) is 0 Å². The summed E-state index contributed by atoms with van der Waals surface area (Å²) < 4.78 is 0. The van der Waals surface area contributed by atoms with Gasteiger partial charge in [0.05, 0.1) is 0 Å². The van der Waals surface area contributed by atoms with Crippen LogP contribution in [0.4, 0.5) is 0 Å². The van der Waals surface area contributed by atoms with Gasteiger partial charge in [0.15, 0.2) is 0 Å². The maximum absolute atomic E-state index is 2.39. The van der Waals surface area contributed by atoms with Crippen LogP contribution in [-0.2, 0) is 0 Å². The van der Waals surface area contributed by atoms with Crippen LogP contribution in [0.3, 0.4) is 0 Å². The Bertz CT molecular complexity index is 142. The molecule has 0 aromatic carbocycles. The fraction of sp³-hybridized carbons (Fsp3) is 1.00. The lowest BCUT2D eigenvalue weighted by Crippen LogP contribution is -2.05. The van der Waals surface area contributed by atoms with Crippen LogP contribution in [0.2, 0.25) is 0 Å². The monoisotopic (exact) mass is 214 g/mol. The van der Waals surface area contributed by atoms with Crippen molar-refractivity contribution in [2.24, 2.45) is 5.92 Å². The zero-order chi connectivity index (χ0) is 10.4. The average molecular weight is 214 g/mol. The van der Waals surface area contributed by atoms with Crippen LogP contribution in [0.15, 0.2) is 0 Å². The Morgan fingerprint density at radius 2 is 2.07 bits per heavy atom. The summed E-state index contributed by atoms with van der Waals surface area (Å²) in [6, 6.07) is 0. The van der Waals surface area contributed by atoms with Crippen molar-refractivity contribution in [2.45, 2.75) is 65.0 Å². The van der Waals surface area contributed by atoms with Crippen molar-refractivity contribution in [1.82, 2.24) is 0 Å². The topological polar surface area (TPSA) is 0 Å². The molecule has 0 aromatic rings. The SMILES string of the molecule is CCCCCC1CCCP1CC(C)C. The summed E-state index contributed by atoms with van der Waals surface area (Å²) in [6.07, 6.45) is 12.1. The highest BCUT2D eigenvalue weighted by atomic mass is 31.1. The number of hydrogen-bond donors (Lipinski definition) is 0. The van der Waals surface area contributed by atoms with Gasteiger partial charge in [-0.2, -0.15) is 0 Å². The summed E-state index contributed by atoms with van der Waals surface area (Å²) in [5, 5.41) is 0. The van der Waals surface area contributed by atoms with E-state index >= 15 is 0 Å². The average Bonchev–Trinajstić information content (AvgIpc) is 2.52. The highest BCUT2D eigenvalue weighted by molar-refractivity contribution is 7.58. The Morgan fingerprint density at radius 3 is 2.71 bits per heavy atom. The minimum absolute atomic E-state index is 0.435. The van der Waals surface area contributed by atoms with Crippen molar-refractivity contribution in [3.05, 3.63) is 0 Å². The van der Waals surface area contributed by atoms with E-state index in [1.165, 1.54) is 25.7 Å². The van der Waals surface area contributed by atoms with Gasteiger partial charge >= 0.3 is 0 Å². The van der Waals surface area contributed by atoms with Gasteiger partial charge in [-0.05, 0) is 43.2 Å². The first-order valence-electron chi connectivity index (χ1n) is 6.48. The highest BCUT2D eigenvalue weighted by Crippen LogP contribution is 2.52. The molecule has 0 bridgehead atoms. The summed E-state index contributed by atoms with van der Waals surface area (Å²) in [5.41, 5.74) is 1.15. The van der Waals surface area contributed by atoms with E-state index in [0.29, 0.717) is 7.92 Å². The van der Waals surface area contributed by atoms with Crippen LogP contribution in [0.5, 0.6) is 0 Å². The first-order valence-corrected chi connectivity index (χ1v) is 8.26. The van der Waals surface area contributed by atoms with Gasteiger partial charge in [0.1, 0.15) is 0 Å². The molecule has 0 radical (unpaired) electrons. The van der Waals surface area contributed by atoms with Gasteiger partial charge in [0.25, 0.3) is 0 Å². The standard InChI is InChI=1S/C13H27P/c1-4-5-6-8-13-9-7-10-14(13)11-12(2)3/h12-13H,4-11H2,1-3H3. The molecule has 0 aliphatic carbocycles. The molecular formula is C13H27P. The Labute approximate surface area is 91.6 Å². The maximum atomic E-state index is 2.39. The molecule has 0 aromatic heterocycles. The second kappa shape index (κ2) is 6.83. The van der Waals surface area contributed by atoms with Crippen LogP contribution in [0, 0.1) is 5.92 Å². The van der Waals surface area contributed by atoms with Crippen LogP contribution in [0.25, 0.3) is 0 Å². The molecule has 1 heteroatoms. The molecule has 1 saturated heterocycles. The minimum Gasteiger partial charge on any atom is -0.103 e. The van der Waals surface area contributed by atoms with Gasteiger partial charge in [0, 0.05) is 0 Å². The molecule has 0 N–H and O–H groups in total. The molecule has 1 rings (SSSR count). The lowest BCUT2D eigenvalue weighted by Gasteiger charge is -2.21. The molecule has 0 amide bonds. The smallest absolute Gasteiger partial charge is 0.0209 e. The van der Waals surface area contributed by atoms with Crippen LogP contribution in [0.1, 0.15) is 59.3 Å². The number of hydrogen-bond acceptors (Lipinski definition) is 0. The summed E-state index contributed by atoms with van der Waals surface area (Å²) in [4.78, 5) is 0. The van der Waals surface area contributed by atoms with Crippen LogP contribution < -0.4 is 0 Å². The van der Waals surface area contributed by atoms with E-state index in [9.17, 15) is 0 Å². The van der Waals surface area contributed by atoms with Crippen molar-refractivity contribution in [1.29, 1.82) is 0 Å². The van der Waals surface area contributed by atoms with Crippen molar-refractivity contribution in [3.8, 4) is 0 Å². The van der Waals surface area contributed by atoms with Crippen molar-refractivity contribution < 1.29 is 0 Å². The summed E-state index contributed by atoms with van der Waals surface area (Å²) in [5.74, 6) is 0.938. The first-order chi connectivity index (χ1) is 6.74. The lowest BCUT2D eigenvalue weighted by molar-refractivity contribution is 0.624. The third-order valence-electron chi connectivity index (χ3n) is 3.24. The molecule has 0 spiro atoms. The molecule has 0 saturated carbocycles. The van der Waals surface area contributed by atoms with E-state index in [2.05, 4.69) is 20.8 Å². The Balaban J connectivity index is 2.21. The molecule has 1 fully saturated rings. The van der Waals surface area contributed by atoms with Crippen LogP contribution in [-0.4, -0.2) is 18.0 Å². The molecule has 2 atom stereocenters. The molecule has 14 heavy (non-hydrogen) atoms. The lowest BCUT2D eigenvalue weighted by atomic mass is 10.1. The van der Waals surface area contributed by atoms with Crippen LogP contribution >= 0.6 is 7.92 Å². The number of rotatable bonds is 6. The zero-order valence-corrected chi connectivity index (χ0v) is 11.2. The molecule has 2 unspecified atom stereocenters. The van der Waals surface area contributed by atoms with Crippen molar-refractivity contribution >= 4 is 7.92 Å². The second-order valence-corrected chi connectivity index (χ2v) is 7.90. The van der Waals surface area contributed by atoms with Gasteiger partial charge in [-0.3, -0.25) is 0 Å². The largest absolute Gasteiger partial charge is 0.103 e.